The number of nitrogens with zero attached hydrogens (tertiary/aromatic N) is 1. The Kier molecular flexibility index (Phi) is 4.69. The van der Waals surface area contributed by atoms with Gasteiger partial charge >= 0.3 is 0 Å². The monoisotopic (exact) mass is 362 g/mol. The van der Waals surface area contributed by atoms with Gasteiger partial charge in [0.25, 0.3) is 5.91 Å². The summed E-state index contributed by atoms with van der Waals surface area (Å²) in [4.78, 5) is 22.4. The Morgan fingerprint density at radius 1 is 1.15 bits per heavy atom. The van der Waals surface area contributed by atoms with Crippen LogP contribution in [0.3, 0.4) is 0 Å². The molecular weight excluding hydrogens is 343 g/mol. The quantitative estimate of drug-likeness (QED) is 0.696. The second-order valence-corrected chi connectivity index (χ2v) is 6.54. The summed E-state index contributed by atoms with van der Waals surface area (Å²) >= 11 is 0. The van der Waals surface area contributed by atoms with E-state index in [9.17, 15) is 9.18 Å². The standard InChI is InChI=1S/C22H19FN2O2/c1-27-25-22(26)20-17-6-2-3-8-19(17)24-21-15(5-4-7-18(20)21)13-14-9-11-16(23)12-10-14/h2-3,6,8-13H,4-5,7H2,1H3,(H,25,26). The van der Waals surface area contributed by atoms with Gasteiger partial charge in [0.2, 0.25) is 0 Å². The minimum atomic E-state index is -0.268. The summed E-state index contributed by atoms with van der Waals surface area (Å²) in [6.45, 7) is 0. The van der Waals surface area contributed by atoms with Crippen molar-refractivity contribution >= 4 is 28.5 Å². The Morgan fingerprint density at radius 2 is 1.93 bits per heavy atom. The zero-order valence-electron chi connectivity index (χ0n) is 15.0. The van der Waals surface area contributed by atoms with Crippen molar-refractivity contribution in [3.8, 4) is 0 Å². The number of allylic oxidation sites excluding steroid dienone is 1. The average molecular weight is 362 g/mol. The number of pyridine rings is 1. The van der Waals surface area contributed by atoms with Crippen molar-refractivity contribution in [2.45, 2.75) is 19.3 Å². The van der Waals surface area contributed by atoms with E-state index < -0.39 is 0 Å². The maximum absolute atomic E-state index is 13.2. The second-order valence-electron chi connectivity index (χ2n) is 6.54. The Morgan fingerprint density at radius 3 is 2.70 bits per heavy atom. The van der Waals surface area contributed by atoms with Crippen LogP contribution in [0.5, 0.6) is 0 Å². The summed E-state index contributed by atoms with van der Waals surface area (Å²) in [5.41, 5.74) is 7.57. The zero-order valence-corrected chi connectivity index (χ0v) is 15.0. The normalized spacial score (nSPS) is 15.0. The molecule has 0 atom stereocenters. The molecule has 1 aliphatic rings. The fourth-order valence-corrected chi connectivity index (χ4v) is 3.64. The lowest BCUT2D eigenvalue weighted by Gasteiger charge is -2.22. The van der Waals surface area contributed by atoms with Gasteiger partial charge in [-0.15, -0.1) is 0 Å². The molecule has 0 radical (unpaired) electrons. The summed E-state index contributed by atoms with van der Waals surface area (Å²) < 4.78 is 13.2. The number of hydrogen-bond donors (Lipinski definition) is 1. The van der Waals surface area contributed by atoms with Gasteiger partial charge in [-0.3, -0.25) is 9.63 Å². The number of para-hydroxylation sites is 1. The number of amides is 1. The van der Waals surface area contributed by atoms with Gasteiger partial charge in [0.05, 0.1) is 23.9 Å². The van der Waals surface area contributed by atoms with Crippen molar-refractivity contribution in [3.05, 3.63) is 76.7 Å². The molecule has 0 saturated heterocycles. The van der Waals surface area contributed by atoms with Crippen LogP contribution in [0.4, 0.5) is 4.39 Å². The molecule has 27 heavy (non-hydrogen) atoms. The first-order valence-electron chi connectivity index (χ1n) is 8.89. The van der Waals surface area contributed by atoms with Crippen LogP contribution in [0.2, 0.25) is 0 Å². The lowest BCUT2D eigenvalue weighted by Crippen LogP contribution is -2.25. The number of halogens is 1. The van der Waals surface area contributed by atoms with Crippen molar-refractivity contribution in [2.24, 2.45) is 0 Å². The number of hydrogen-bond acceptors (Lipinski definition) is 3. The fourth-order valence-electron chi connectivity index (χ4n) is 3.64. The summed E-state index contributed by atoms with van der Waals surface area (Å²) in [7, 11) is 1.42. The van der Waals surface area contributed by atoms with E-state index in [4.69, 9.17) is 9.82 Å². The first kappa shape index (κ1) is 17.4. The number of carbonyl (C=O) groups excluding carboxylic acids is 1. The minimum Gasteiger partial charge on any atom is -0.277 e. The van der Waals surface area contributed by atoms with E-state index in [1.54, 1.807) is 12.1 Å². The Hall–Kier alpha value is -3.05. The van der Waals surface area contributed by atoms with Crippen molar-refractivity contribution < 1.29 is 14.0 Å². The Balaban J connectivity index is 1.92. The third-order valence-electron chi connectivity index (χ3n) is 4.80. The zero-order chi connectivity index (χ0) is 18.8. The van der Waals surface area contributed by atoms with E-state index in [0.29, 0.717) is 5.56 Å². The summed E-state index contributed by atoms with van der Waals surface area (Å²) in [5.74, 6) is -0.529. The van der Waals surface area contributed by atoms with Crippen molar-refractivity contribution in [3.63, 3.8) is 0 Å². The fraction of sp³-hybridized carbons (Fsp3) is 0.182. The lowest BCUT2D eigenvalue weighted by molar-refractivity contribution is 0.0538. The minimum absolute atomic E-state index is 0.260. The molecule has 0 bridgehead atoms. The molecule has 2 aromatic carbocycles. The van der Waals surface area contributed by atoms with Gasteiger partial charge in [0.15, 0.2) is 0 Å². The smallest absolute Gasteiger partial charge is 0.275 e. The molecule has 136 valence electrons. The van der Waals surface area contributed by atoms with E-state index in [1.165, 1.54) is 19.2 Å². The molecule has 1 aromatic heterocycles. The molecule has 0 fully saturated rings. The molecule has 0 spiro atoms. The highest BCUT2D eigenvalue weighted by Gasteiger charge is 2.25. The molecule has 0 unspecified atom stereocenters. The average Bonchev–Trinajstić information content (AvgIpc) is 2.68. The topological polar surface area (TPSA) is 51.2 Å². The number of nitrogens with one attached hydrogen (secondary N) is 1. The van der Waals surface area contributed by atoms with Crippen molar-refractivity contribution in [2.75, 3.05) is 7.11 Å². The van der Waals surface area contributed by atoms with Crippen LogP contribution in [0.15, 0.2) is 48.5 Å². The van der Waals surface area contributed by atoms with Crippen LogP contribution >= 0.6 is 0 Å². The second kappa shape index (κ2) is 7.29. The van der Waals surface area contributed by atoms with Crippen molar-refractivity contribution in [1.82, 2.24) is 10.5 Å². The number of hydroxylamine groups is 1. The van der Waals surface area contributed by atoms with Gasteiger partial charge in [-0.05, 0) is 60.2 Å². The van der Waals surface area contributed by atoms with E-state index in [0.717, 1.165) is 52.6 Å². The number of carbonyl (C=O) groups is 1. The summed E-state index contributed by atoms with van der Waals surface area (Å²) in [6, 6.07) is 14.0. The van der Waals surface area contributed by atoms with Gasteiger partial charge in [-0.2, -0.15) is 0 Å². The van der Waals surface area contributed by atoms with Crippen LogP contribution < -0.4 is 5.48 Å². The Bertz CT molecular complexity index is 1040. The third kappa shape index (κ3) is 3.34. The van der Waals surface area contributed by atoms with Gasteiger partial charge in [-0.25, -0.2) is 14.9 Å². The van der Waals surface area contributed by atoms with E-state index in [1.807, 2.05) is 30.3 Å². The number of benzene rings is 2. The highest BCUT2D eigenvalue weighted by atomic mass is 19.1. The van der Waals surface area contributed by atoms with Crippen molar-refractivity contribution in [1.29, 1.82) is 0 Å². The van der Waals surface area contributed by atoms with E-state index in [-0.39, 0.29) is 11.7 Å². The van der Waals surface area contributed by atoms with Crippen LogP contribution in [0.25, 0.3) is 22.6 Å². The van der Waals surface area contributed by atoms with Gasteiger partial charge in [0.1, 0.15) is 5.82 Å². The van der Waals surface area contributed by atoms with Crippen LogP contribution in [0, 0.1) is 5.82 Å². The van der Waals surface area contributed by atoms with Crippen LogP contribution in [-0.2, 0) is 11.3 Å². The molecule has 1 heterocycles. The molecule has 4 rings (SSSR count). The van der Waals surface area contributed by atoms with Crippen LogP contribution in [-0.4, -0.2) is 18.0 Å². The molecule has 1 amide bonds. The molecule has 0 aliphatic heterocycles. The molecule has 1 N–H and O–H groups in total. The molecule has 5 heteroatoms. The van der Waals surface area contributed by atoms with Gasteiger partial charge in [-0.1, -0.05) is 30.3 Å². The molecule has 3 aromatic rings. The third-order valence-corrected chi connectivity index (χ3v) is 4.80. The van der Waals surface area contributed by atoms with E-state index in [2.05, 4.69) is 5.48 Å². The lowest BCUT2D eigenvalue weighted by atomic mass is 9.85. The summed E-state index contributed by atoms with van der Waals surface area (Å²) in [5, 5.41) is 0.814. The van der Waals surface area contributed by atoms with Crippen LogP contribution in [0.1, 0.15) is 40.0 Å². The SMILES string of the molecule is CONC(=O)c1c2c(nc3ccccc13)C(=Cc1ccc(F)cc1)CCC2. The van der Waals surface area contributed by atoms with Gasteiger partial charge in [0, 0.05) is 5.39 Å². The Labute approximate surface area is 156 Å². The van der Waals surface area contributed by atoms with Gasteiger partial charge < -0.3 is 0 Å². The first-order chi connectivity index (χ1) is 13.2. The molecule has 1 aliphatic carbocycles. The predicted molar refractivity (Wildman–Crippen MR) is 103 cm³/mol. The maximum Gasteiger partial charge on any atom is 0.275 e. The molecular formula is C22H19FN2O2. The first-order valence-corrected chi connectivity index (χ1v) is 8.89. The largest absolute Gasteiger partial charge is 0.277 e. The maximum atomic E-state index is 13.2. The summed E-state index contributed by atoms with van der Waals surface area (Å²) in [6.07, 6.45) is 4.59. The van der Waals surface area contributed by atoms with E-state index >= 15 is 0 Å². The molecule has 0 saturated carbocycles. The number of fused-ring (bicyclic) bond motifs is 2. The highest BCUT2D eigenvalue weighted by Crippen LogP contribution is 2.36. The number of aromatic nitrogens is 1. The molecule has 4 nitrogen and oxygen atoms in total. The highest BCUT2D eigenvalue weighted by molar-refractivity contribution is 6.08. The predicted octanol–water partition coefficient (Wildman–Crippen LogP) is 4.54. The number of rotatable bonds is 3.